The zero-order valence-corrected chi connectivity index (χ0v) is 14.5. The lowest BCUT2D eigenvalue weighted by Crippen LogP contribution is -2.70. The zero-order chi connectivity index (χ0) is 12.3. The van der Waals surface area contributed by atoms with Crippen molar-refractivity contribution in [1.82, 2.24) is 0 Å². The van der Waals surface area contributed by atoms with Crippen molar-refractivity contribution in [2.45, 2.75) is 51.4 Å². The minimum atomic E-state index is -1.16. The lowest BCUT2D eigenvalue weighted by atomic mass is 10.7. The van der Waals surface area contributed by atoms with Crippen LogP contribution in [0.2, 0.25) is 51.4 Å². The quantitative estimate of drug-likeness (QED) is 0.480. The minimum Gasteiger partial charge on any atom is -0.103 e. The van der Waals surface area contributed by atoms with Crippen molar-refractivity contribution in [3.05, 3.63) is 25.3 Å². The Hall–Kier alpha value is 0.131. The third kappa shape index (κ3) is 3.05. The summed E-state index contributed by atoms with van der Waals surface area (Å²) in [5.41, 5.74) is 0. The van der Waals surface area contributed by atoms with Gasteiger partial charge in [0.2, 0.25) is 0 Å². The van der Waals surface area contributed by atoms with Crippen molar-refractivity contribution >= 4 is 22.3 Å². The molecule has 0 aliphatic heterocycles. The monoisotopic (exact) mass is 256 g/mol. The molecule has 0 aliphatic rings. The topological polar surface area (TPSA) is 0 Å². The maximum Gasteiger partial charge on any atom is 0.0489 e. The lowest BCUT2D eigenvalue weighted by Gasteiger charge is -2.49. The van der Waals surface area contributed by atoms with Crippen molar-refractivity contribution < 1.29 is 0 Å². The Kier molecular flexibility index (Phi) is 5.02. The Morgan fingerprint density at radius 3 is 1.13 bits per heavy atom. The van der Waals surface area contributed by atoms with Gasteiger partial charge in [-0.1, -0.05) is 51.4 Å². The van der Waals surface area contributed by atoms with Crippen LogP contribution in [0.4, 0.5) is 0 Å². The normalized spacial score (nSPS) is 13.7. The highest BCUT2D eigenvalue weighted by molar-refractivity contribution is 7.69. The van der Waals surface area contributed by atoms with Gasteiger partial charge in [-0.15, -0.1) is 13.2 Å². The molecule has 0 amide bonds. The molecule has 15 heavy (non-hydrogen) atoms. The zero-order valence-electron chi connectivity index (χ0n) is 11.5. The molecule has 0 aromatic heterocycles. The van der Waals surface area contributed by atoms with Crippen LogP contribution in [0.15, 0.2) is 25.3 Å². The lowest BCUT2D eigenvalue weighted by molar-refractivity contribution is 1.49. The molecule has 3 heteroatoms. The highest BCUT2D eigenvalue weighted by Gasteiger charge is 2.52. The summed E-state index contributed by atoms with van der Waals surface area (Å²) in [7, 11) is -3.27. The van der Waals surface area contributed by atoms with Crippen molar-refractivity contribution in [1.29, 1.82) is 0 Å². The Balaban J connectivity index is 5.46. The van der Waals surface area contributed by atoms with E-state index < -0.39 is 22.3 Å². The molecule has 0 spiro atoms. The number of hydrogen-bond acceptors (Lipinski definition) is 0. The van der Waals surface area contributed by atoms with Crippen molar-refractivity contribution in [3.8, 4) is 0 Å². The van der Waals surface area contributed by atoms with E-state index in [1.54, 1.807) is 0 Å². The molecule has 0 bridgehead atoms. The van der Waals surface area contributed by atoms with E-state index in [9.17, 15) is 0 Å². The molecule has 0 saturated heterocycles. The molecule has 0 aromatic rings. The first kappa shape index (κ1) is 15.1. The van der Waals surface area contributed by atoms with E-state index in [0.29, 0.717) is 0 Å². The van der Waals surface area contributed by atoms with E-state index in [1.807, 2.05) is 0 Å². The first-order chi connectivity index (χ1) is 6.62. The predicted octanol–water partition coefficient (Wildman–Crippen LogP) is 4.64. The fraction of sp³-hybridized carbons (Fsp3) is 0.667. The second-order valence-electron chi connectivity index (χ2n) is 6.57. The van der Waals surface area contributed by atoms with Crippen LogP contribution >= 0.6 is 0 Å². The summed E-state index contributed by atoms with van der Waals surface area (Å²) in [5.74, 6) is 0. The highest BCUT2D eigenvalue weighted by Crippen LogP contribution is 2.36. The van der Waals surface area contributed by atoms with Crippen LogP contribution in [0.3, 0.4) is 0 Å². The second-order valence-corrected chi connectivity index (χ2v) is 34.8. The Bertz CT molecular complexity index is 204. The number of allylic oxidation sites excluding steroid dienone is 2. The van der Waals surface area contributed by atoms with Crippen LogP contribution in [-0.4, -0.2) is 22.3 Å². The van der Waals surface area contributed by atoms with E-state index >= 15 is 0 Å². The third-order valence-corrected chi connectivity index (χ3v) is 44.7. The molecule has 0 rings (SSSR count). The summed E-state index contributed by atoms with van der Waals surface area (Å²) in [6.07, 6.45) is 4.37. The standard InChI is InChI=1S/C12H28Si3/c1-9-11-15(12-10-2,13(3,4)5)14(6,7)8/h9-10H,1-2,11-12H2,3-8H3. The van der Waals surface area contributed by atoms with Crippen molar-refractivity contribution in [2.24, 2.45) is 0 Å². The molecular weight excluding hydrogens is 228 g/mol. The summed E-state index contributed by atoms with van der Waals surface area (Å²) in [4.78, 5) is 0. The van der Waals surface area contributed by atoms with E-state index in [1.165, 1.54) is 12.1 Å². The van der Waals surface area contributed by atoms with Crippen LogP contribution in [0.5, 0.6) is 0 Å². The van der Waals surface area contributed by atoms with Crippen LogP contribution in [0.25, 0.3) is 0 Å². The highest BCUT2D eigenvalue weighted by atomic mass is 29.6. The third-order valence-electron chi connectivity index (χ3n) is 3.86. The predicted molar refractivity (Wildman–Crippen MR) is 82.5 cm³/mol. The van der Waals surface area contributed by atoms with Gasteiger partial charge in [0, 0.05) is 22.3 Å². The van der Waals surface area contributed by atoms with Crippen LogP contribution < -0.4 is 0 Å². The van der Waals surface area contributed by atoms with Crippen LogP contribution in [0.1, 0.15) is 0 Å². The van der Waals surface area contributed by atoms with Gasteiger partial charge in [0.25, 0.3) is 0 Å². The molecule has 0 radical (unpaired) electrons. The largest absolute Gasteiger partial charge is 0.103 e. The van der Waals surface area contributed by atoms with Crippen molar-refractivity contribution in [2.75, 3.05) is 0 Å². The fourth-order valence-electron chi connectivity index (χ4n) is 2.93. The molecule has 0 nitrogen and oxygen atoms in total. The molecule has 0 aromatic carbocycles. The molecular formula is C12H28Si3. The average molecular weight is 257 g/mol. The maximum absolute atomic E-state index is 4.00. The molecule has 0 unspecified atom stereocenters. The fourth-order valence-corrected chi connectivity index (χ4v) is 44.9. The van der Waals surface area contributed by atoms with Crippen LogP contribution in [-0.2, 0) is 0 Å². The van der Waals surface area contributed by atoms with E-state index in [-0.39, 0.29) is 0 Å². The molecule has 0 saturated carbocycles. The average Bonchev–Trinajstić information content (AvgIpc) is 1.99. The van der Waals surface area contributed by atoms with Gasteiger partial charge < -0.3 is 0 Å². The smallest absolute Gasteiger partial charge is 0.0489 e. The molecule has 0 fully saturated rings. The second kappa shape index (κ2) is 4.97. The summed E-state index contributed by atoms with van der Waals surface area (Å²) >= 11 is 0. The molecule has 0 N–H and O–H groups in total. The van der Waals surface area contributed by atoms with Gasteiger partial charge in [0.05, 0.1) is 0 Å². The molecule has 0 atom stereocenters. The van der Waals surface area contributed by atoms with E-state index in [4.69, 9.17) is 0 Å². The summed E-state index contributed by atoms with van der Waals surface area (Å²) in [6, 6.07) is 2.62. The van der Waals surface area contributed by atoms with Gasteiger partial charge in [-0.25, -0.2) is 0 Å². The molecule has 0 heterocycles. The van der Waals surface area contributed by atoms with Crippen LogP contribution in [0, 0.1) is 0 Å². The van der Waals surface area contributed by atoms with Gasteiger partial charge in [-0.3, -0.25) is 0 Å². The molecule has 0 aliphatic carbocycles. The summed E-state index contributed by atoms with van der Waals surface area (Å²) in [6.45, 7) is 23.4. The Labute approximate surface area is 99.1 Å². The van der Waals surface area contributed by atoms with Gasteiger partial charge in [0.1, 0.15) is 0 Å². The Morgan fingerprint density at radius 1 is 0.733 bits per heavy atom. The van der Waals surface area contributed by atoms with E-state index in [0.717, 1.165) is 0 Å². The van der Waals surface area contributed by atoms with Gasteiger partial charge in [-0.2, -0.15) is 0 Å². The first-order valence-electron chi connectivity index (χ1n) is 5.84. The van der Waals surface area contributed by atoms with Gasteiger partial charge in [-0.05, 0) is 12.1 Å². The number of rotatable bonds is 6. The van der Waals surface area contributed by atoms with Crippen molar-refractivity contribution in [3.63, 3.8) is 0 Å². The van der Waals surface area contributed by atoms with Gasteiger partial charge in [0.15, 0.2) is 0 Å². The summed E-state index contributed by atoms with van der Waals surface area (Å²) in [5, 5.41) is 0. The molecule has 88 valence electrons. The SMILES string of the molecule is C=CC[Si](CC=C)([Si](C)(C)C)[Si](C)(C)C. The number of hydrogen-bond donors (Lipinski definition) is 0. The first-order valence-corrected chi connectivity index (χ1v) is 17.3. The van der Waals surface area contributed by atoms with Gasteiger partial charge >= 0.3 is 0 Å². The maximum atomic E-state index is 4.00. The van der Waals surface area contributed by atoms with E-state index in [2.05, 4.69) is 64.6 Å². The summed E-state index contributed by atoms with van der Waals surface area (Å²) < 4.78 is 0. The Morgan fingerprint density at radius 2 is 1.00 bits per heavy atom. The minimum absolute atomic E-state index is 1.06.